The Morgan fingerprint density at radius 3 is 3.00 bits per heavy atom. The molecule has 1 aliphatic heterocycles. The van der Waals surface area contributed by atoms with Crippen molar-refractivity contribution in [3.63, 3.8) is 0 Å². The van der Waals surface area contributed by atoms with Crippen molar-refractivity contribution in [1.29, 1.82) is 0 Å². The van der Waals surface area contributed by atoms with Crippen molar-refractivity contribution in [2.75, 3.05) is 26.3 Å². The van der Waals surface area contributed by atoms with Crippen LogP contribution in [0.25, 0.3) is 0 Å². The van der Waals surface area contributed by atoms with E-state index in [-0.39, 0.29) is 5.54 Å². The van der Waals surface area contributed by atoms with E-state index in [9.17, 15) is 0 Å². The van der Waals surface area contributed by atoms with Crippen LogP contribution in [-0.2, 0) is 4.74 Å². The van der Waals surface area contributed by atoms with E-state index in [0.717, 1.165) is 39.1 Å². The largest absolute Gasteiger partial charge is 0.381 e. The first-order valence-electron chi connectivity index (χ1n) is 6.16. The first-order valence-corrected chi connectivity index (χ1v) is 7.04. The third-order valence-electron chi connectivity index (χ3n) is 3.29. The number of rotatable bonds is 5. The van der Waals surface area contributed by atoms with Crippen LogP contribution in [0.5, 0.6) is 0 Å². The van der Waals surface area contributed by atoms with Gasteiger partial charge in [0.05, 0.1) is 5.01 Å². The number of hydrogen-bond donors (Lipinski definition) is 2. The van der Waals surface area contributed by atoms with Crippen molar-refractivity contribution >= 4 is 11.3 Å². The molecule has 0 aromatic carbocycles. The summed E-state index contributed by atoms with van der Waals surface area (Å²) < 4.78 is 5.34. The summed E-state index contributed by atoms with van der Waals surface area (Å²) in [5.74, 6) is 0.457. The Bertz CT molecular complexity index is 323. The van der Waals surface area contributed by atoms with Crippen LogP contribution in [0.3, 0.4) is 0 Å². The molecule has 1 unspecified atom stereocenters. The van der Waals surface area contributed by atoms with Crippen LogP contribution in [0.15, 0.2) is 11.6 Å². The van der Waals surface area contributed by atoms with Gasteiger partial charge in [-0.05, 0) is 12.8 Å². The Balaban J connectivity index is 1.72. The predicted octanol–water partition coefficient (Wildman–Crippen LogP) is 1.34. The molecule has 0 saturated carbocycles. The maximum absolute atomic E-state index is 6.31. The van der Waals surface area contributed by atoms with Gasteiger partial charge in [-0.1, -0.05) is 6.92 Å². The number of ether oxygens (including phenoxy) is 1. The molecule has 1 saturated heterocycles. The van der Waals surface area contributed by atoms with Crippen molar-refractivity contribution in [1.82, 2.24) is 10.3 Å². The van der Waals surface area contributed by atoms with Crippen LogP contribution in [0.4, 0.5) is 0 Å². The Morgan fingerprint density at radius 2 is 2.35 bits per heavy atom. The van der Waals surface area contributed by atoms with Gasteiger partial charge in [0, 0.05) is 49.3 Å². The van der Waals surface area contributed by atoms with Gasteiger partial charge >= 0.3 is 0 Å². The lowest BCUT2D eigenvalue weighted by Crippen LogP contribution is -2.52. The molecule has 3 N–H and O–H groups in total. The standard InChI is InChI=1S/C12H21N3OS/c1-10(11-15-4-7-17-11)8-14-9-12(13)2-5-16-6-3-12/h4,7,10,14H,2-3,5-6,8-9,13H2,1H3. The highest BCUT2D eigenvalue weighted by Crippen LogP contribution is 2.18. The summed E-state index contributed by atoms with van der Waals surface area (Å²) in [6.45, 7) is 5.58. The van der Waals surface area contributed by atoms with Gasteiger partial charge in [-0.2, -0.15) is 0 Å². The summed E-state index contributed by atoms with van der Waals surface area (Å²) in [6, 6.07) is 0. The fourth-order valence-corrected chi connectivity index (χ4v) is 2.76. The molecular formula is C12H21N3OS. The Kier molecular flexibility index (Phi) is 4.50. The second-order valence-corrected chi connectivity index (χ2v) is 5.80. The lowest BCUT2D eigenvalue weighted by molar-refractivity contribution is 0.0531. The SMILES string of the molecule is CC(CNCC1(N)CCOCC1)c1nccs1. The minimum absolute atomic E-state index is 0.0825. The third-order valence-corrected chi connectivity index (χ3v) is 4.30. The van der Waals surface area contributed by atoms with Crippen molar-refractivity contribution in [3.8, 4) is 0 Å². The lowest BCUT2D eigenvalue weighted by Gasteiger charge is -2.33. The molecule has 4 nitrogen and oxygen atoms in total. The van der Waals surface area contributed by atoms with Crippen LogP contribution >= 0.6 is 11.3 Å². The summed E-state index contributed by atoms with van der Waals surface area (Å²) in [5.41, 5.74) is 6.23. The van der Waals surface area contributed by atoms with Gasteiger partial charge in [0.1, 0.15) is 0 Å². The molecule has 2 rings (SSSR count). The molecule has 1 aliphatic rings. The van der Waals surface area contributed by atoms with Crippen molar-refractivity contribution in [2.45, 2.75) is 31.2 Å². The zero-order valence-corrected chi connectivity index (χ0v) is 11.1. The van der Waals surface area contributed by atoms with Crippen LogP contribution in [0.2, 0.25) is 0 Å². The van der Waals surface area contributed by atoms with Gasteiger partial charge in [0.25, 0.3) is 0 Å². The van der Waals surface area contributed by atoms with E-state index in [4.69, 9.17) is 10.5 Å². The van der Waals surface area contributed by atoms with Gasteiger partial charge < -0.3 is 15.8 Å². The summed E-state index contributed by atoms with van der Waals surface area (Å²) in [5, 5.41) is 6.68. The average molecular weight is 255 g/mol. The van der Waals surface area contributed by atoms with Gasteiger partial charge in [0.15, 0.2) is 0 Å². The fourth-order valence-electron chi connectivity index (χ4n) is 2.06. The molecule has 0 amide bonds. The highest BCUT2D eigenvalue weighted by Gasteiger charge is 2.27. The topological polar surface area (TPSA) is 60.2 Å². The van der Waals surface area contributed by atoms with Gasteiger partial charge in [0.2, 0.25) is 0 Å². The maximum Gasteiger partial charge on any atom is 0.0965 e. The van der Waals surface area contributed by atoms with Gasteiger partial charge in [-0.25, -0.2) is 4.98 Å². The van der Waals surface area contributed by atoms with Crippen molar-refractivity contribution < 1.29 is 4.74 Å². The average Bonchev–Trinajstić information content (AvgIpc) is 2.83. The molecule has 1 fully saturated rings. The van der Waals surface area contributed by atoms with E-state index >= 15 is 0 Å². The number of nitrogens with one attached hydrogen (secondary N) is 1. The summed E-state index contributed by atoms with van der Waals surface area (Å²) in [7, 11) is 0. The van der Waals surface area contributed by atoms with Crippen LogP contribution in [0.1, 0.15) is 30.7 Å². The van der Waals surface area contributed by atoms with E-state index in [1.165, 1.54) is 5.01 Å². The molecule has 0 aliphatic carbocycles. The number of nitrogens with two attached hydrogens (primary N) is 1. The number of nitrogens with zero attached hydrogens (tertiary/aromatic N) is 1. The molecule has 5 heteroatoms. The molecule has 96 valence electrons. The minimum atomic E-state index is -0.0825. The summed E-state index contributed by atoms with van der Waals surface area (Å²) >= 11 is 1.71. The van der Waals surface area contributed by atoms with Crippen LogP contribution in [0, 0.1) is 0 Å². The highest BCUT2D eigenvalue weighted by molar-refractivity contribution is 7.09. The monoisotopic (exact) mass is 255 g/mol. The zero-order chi connectivity index (χ0) is 12.1. The molecule has 0 bridgehead atoms. The van der Waals surface area contributed by atoms with E-state index in [1.807, 2.05) is 11.6 Å². The highest BCUT2D eigenvalue weighted by atomic mass is 32.1. The Hall–Kier alpha value is -0.490. The minimum Gasteiger partial charge on any atom is -0.381 e. The molecule has 1 aromatic heterocycles. The van der Waals surface area contributed by atoms with E-state index in [2.05, 4.69) is 17.2 Å². The predicted molar refractivity (Wildman–Crippen MR) is 70.4 cm³/mol. The Morgan fingerprint density at radius 1 is 1.59 bits per heavy atom. The maximum atomic E-state index is 6.31. The van der Waals surface area contributed by atoms with Crippen LogP contribution < -0.4 is 11.1 Å². The molecule has 17 heavy (non-hydrogen) atoms. The fraction of sp³-hybridized carbons (Fsp3) is 0.750. The first-order chi connectivity index (χ1) is 8.20. The number of hydrogen-bond acceptors (Lipinski definition) is 5. The molecular weight excluding hydrogens is 234 g/mol. The van der Waals surface area contributed by atoms with Crippen LogP contribution in [-0.4, -0.2) is 36.8 Å². The van der Waals surface area contributed by atoms with E-state index < -0.39 is 0 Å². The summed E-state index contributed by atoms with van der Waals surface area (Å²) in [6.07, 6.45) is 3.76. The second kappa shape index (κ2) is 5.91. The molecule has 0 radical (unpaired) electrons. The van der Waals surface area contributed by atoms with Crippen molar-refractivity contribution in [2.24, 2.45) is 5.73 Å². The molecule has 2 heterocycles. The number of aromatic nitrogens is 1. The smallest absolute Gasteiger partial charge is 0.0965 e. The quantitative estimate of drug-likeness (QED) is 0.833. The van der Waals surface area contributed by atoms with E-state index in [1.54, 1.807) is 11.3 Å². The normalized spacial score (nSPS) is 21.3. The number of thiazole rings is 1. The van der Waals surface area contributed by atoms with Crippen molar-refractivity contribution in [3.05, 3.63) is 16.6 Å². The third kappa shape index (κ3) is 3.74. The first kappa shape index (κ1) is 13.0. The zero-order valence-electron chi connectivity index (χ0n) is 10.3. The Labute approximate surface area is 107 Å². The van der Waals surface area contributed by atoms with Gasteiger partial charge in [-0.3, -0.25) is 0 Å². The lowest BCUT2D eigenvalue weighted by atomic mass is 9.91. The molecule has 1 atom stereocenters. The molecule has 0 spiro atoms. The van der Waals surface area contributed by atoms with E-state index in [0.29, 0.717) is 5.92 Å². The molecule has 1 aromatic rings. The second-order valence-electron chi connectivity index (χ2n) is 4.88. The van der Waals surface area contributed by atoms with Gasteiger partial charge in [-0.15, -0.1) is 11.3 Å². The summed E-state index contributed by atoms with van der Waals surface area (Å²) in [4.78, 5) is 4.33.